The van der Waals surface area contributed by atoms with Gasteiger partial charge in [0.15, 0.2) is 5.65 Å². The van der Waals surface area contributed by atoms with E-state index in [0.717, 1.165) is 58.7 Å². The Bertz CT molecular complexity index is 1470. The van der Waals surface area contributed by atoms with E-state index in [4.69, 9.17) is 5.10 Å². The summed E-state index contributed by atoms with van der Waals surface area (Å²) in [5.41, 5.74) is 5.09. The first-order valence-corrected chi connectivity index (χ1v) is 10.8. The average Bonchev–Trinajstić information content (AvgIpc) is 3.58. The molecule has 1 saturated heterocycles. The van der Waals surface area contributed by atoms with Gasteiger partial charge in [0.2, 0.25) is 0 Å². The van der Waals surface area contributed by atoms with Crippen LogP contribution in [-0.2, 0) is 0 Å². The van der Waals surface area contributed by atoms with Crippen molar-refractivity contribution in [2.24, 2.45) is 0 Å². The molecule has 33 heavy (non-hydrogen) atoms. The number of aromatic amines is 1. The summed E-state index contributed by atoms with van der Waals surface area (Å²) in [6.07, 6.45) is 6.58. The SMILES string of the molecule is O=[N+]([O-])c1ccc(N2CCC(Nc3cc(-c4c[nH]c5ccccc45)c4nccn4n3)C2)cc1. The molecule has 6 rings (SSSR count). The molecule has 0 spiro atoms. The fourth-order valence-corrected chi connectivity index (χ4v) is 4.59. The Morgan fingerprint density at radius 3 is 2.82 bits per heavy atom. The Morgan fingerprint density at radius 1 is 1.12 bits per heavy atom. The molecule has 4 heterocycles. The number of anilines is 2. The van der Waals surface area contributed by atoms with Gasteiger partial charge in [-0.05, 0) is 30.7 Å². The second kappa shape index (κ2) is 7.63. The summed E-state index contributed by atoms with van der Waals surface area (Å²) in [6, 6.07) is 17.2. The van der Waals surface area contributed by atoms with E-state index in [0.29, 0.717) is 0 Å². The molecular weight excluding hydrogens is 418 g/mol. The number of H-pyrrole nitrogens is 1. The van der Waals surface area contributed by atoms with Gasteiger partial charge >= 0.3 is 0 Å². The number of nitrogens with one attached hydrogen (secondary N) is 2. The number of hydrogen-bond donors (Lipinski definition) is 2. The van der Waals surface area contributed by atoms with Gasteiger partial charge in [0, 0.05) is 77.6 Å². The number of fused-ring (bicyclic) bond motifs is 2. The highest BCUT2D eigenvalue weighted by molar-refractivity contribution is 5.99. The number of para-hydroxylation sites is 1. The third-order valence-corrected chi connectivity index (χ3v) is 6.20. The van der Waals surface area contributed by atoms with Crippen LogP contribution < -0.4 is 10.2 Å². The van der Waals surface area contributed by atoms with Crippen LogP contribution in [0.2, 0.25) is 0 Å². The van der Waals surface area contributed by atoms with Crippen LogP contribution >= 0.6 is 0 Å². The van der Waals surface area contributed by atoms with E-state index in [1.807, 2.05) is 41.2 Å². The highest BCUT2D eigenvalue weighted by Gasteiger charge is 2.24. The lowest BCUT2D eigenvalue weighted by atomic mass is 10.1. The Kier molecular flexibility index (Phi) is 4.46. The first kappa shape index (κ1) is 19.3. The Labute approximate surface area is 188 Å². The van der Waals surface area contributed by atoms with Crippen molar-refractivity contribution in [2.45, 2.75) is 12.5 Å². The number of benzene rings is 2. The molecule has 9 nitrogen and oxygen atoms in total. The molecule has 1 aliphatic rings. The van der Waals surface area contributed by atoms with Gasteiger partial charge in [0.05, 0.1) is 4.92 Å². The molecule has 1 unspecified atom stereocenters. The van der Waals surface area contributed by atoms with Crippen molar-refractivity contribution >= 4 is 33.7 Å². The molecule has 164 valence electrons. The van der Waals surface area contributed by atoms with Crippen molar-refractivity contribution < 1.29 is 4.92 Å². The van der Waals surface area contributed by atoms with Crippen LogP contribution in [0.25, 0.3) is 27.7 Å². The topological polar surface area (TPSA) is 104 Å². The third kappa shape index (κ3) is 3.43. The van der Waals surface area contributed by atoms with Gasteiger partial charge in [0.25, 0.3) is 5.69 Å². The first-order chi connectivity index (χ1) is 16.2. The largest absolute Gasteiger partial charge is 0.369 e. The quantitative estimate of drug-likeness (QED) is 0.309. The predicted octanol–water partition coefficient (Wildman–Crippen LogP) is 4.48. The maximum Gasteiger partial charge on any atom is 0.269 e. The number of nitrogens with zero attached hydrogens (tertiary/aromatic N) is 5. The zero-order valence-corrected chi connectivity index (χ0v) is 17.7. The molecule has 2 N–H and O–H groups in total. The molecule has 1 aliphatic heterocycles. The number of imidazole rings is 1. The molecule has 0 radical (unpaired) electrons. The summed E-state index contributed by atoms with van der Waals surface area (Å²) >= 11 is 0. The molecular formula is C24H21N7O2. The lowest BCUT2D eigenvalue weighted by Crippen LogP contribution is -2.26. The number of rotatable bonds is 5. The molecule has 9 heteroatoms. The molecule has 5 aromatic rings. The first-order valence-electron chi connectivity index (χ1n) is 10.8. The smallest absolute Gasteiger partial charge is 0.269 e. The molecule has 0 aliphatic carbocycles. The number of nitro benzene ring substituents is 1. The van der Waals surface area contributed by atoms with Gasteiger partial charge in [-0.3, -0.25) is 10.1 Å². The van der Waals surface area contributed by atoms with Gasteiger partial charge in [-0.1, -0.05) is 18.2 Å². The van der Waals surface area contributed by atoms with E-state index in [2.05, 4.69) is 38.4 Å². The second-order valence-electron chi connectivity index (χ2n) is 8.24. The van der Waals surface area contributed by atoms with Gasteiger partial charge in [-0.15, -0.1) is 5.10 Å². The lowest BCUT2D eigenvalue weighted by Gasteiger charge is -2.19. The summed E-state index contributed by atoms with van der Waals surface area (Å²) in [4.78, 5) is 20.6. The number of aromatic nitrogens is 4. The zero-order chi connectivity index (χ0) is 22.4. The molecule has 0 saturated carbocycles. The zero-order valence-electron chi connectivity index (χ0n) is 17.7. The number of nitro groups is 1. The monoisotopic (exact) mass is 439 g/mol. The van der Waals surface area contributed by atoms with Crippen LogP contribution in [0.1, 0.15) is 6.42 Å². The molecule has 1 atom stereocenters. The summed E-state index contributed by atoms with van der Waals surface area (Å²) in [5.74, 6) is 0.788. The Balaban J connectivity index is 1.27. The molecule has 0 bridgehead atoms. The fraction of sp³-hybridized carbons (Fsp3) is 0.167. The minimum atomic E-state index is -0.374. The maximum absolute atomic E-state index is 10.9. The van der Waals surface area contributed by atoms with Crippen molar-refractivity contribution in [1.29, 1.82) is 0 Å². The minimum Gasteiger partial charge on any atom is -0.369 e. The highest BCUT2D eigenvalue weighted by Crippen LogP contribution is 2.32. The van der Waals surface area contributed by atoms with Crippen molar-refractivity contribution in [2.75, 3.05) is 23.3 Å². The van der Waals surface area contributed by atoms with Crippen molar-refractivity contribution in [3.8, 4) is 11.1 Å². The van der Waals surface area contributed by atoms with Gasteiger partial charge in [-0.2, -0.15) is 0 Å². The number of hydrogen-bond acceptors (Lipinski definition) is 6. The van der Waals surface area contributed by atoms with Crippen LogP contribution in [0.15, 0.2) is 73.2 Å². The second-order valence-corrected chi connectivity index (χ2v) is 8.24. The van der Waals surface area contributed by atoms with E-state index < -0.39 is 0 Å². The normalized spacial score (nSPS) is 16.0. The molecule has 1 fully saturated rings. The average molecular weight is 439 g/mol. The van der Waals surface area contributed by atoms with Crippen molar-refractivity contribution in [3.63, 3.8) is 0 Å². The van der Waals surface area contributed by atoms with Gasteiger partial charge in [0.1, 0.15) is 5.82 Å². The third-order valence-electron chi connectivity index (χ3n) is 6.20. The van der Waals surface area contributed by atoms with Crippen molar-refractivity contribution in [1.82, 2.24) is 19.6 Å². The summed E-state index contributed by atoms with van der Waals surface area (Å²) in [7, 11) is 0. The summed E-state index contributed by atoms with van der Waals surface area (Å²) in [5, 5.41) is 20.4. The number of non-ortho nitro benzene ring substituents is 1. The fourth-order valence-electron chi connectivity index (χ4n) is 4.59. The Morgan fingerprint density at radius 2 is 1.97 bits per heavy atom. The van der Waals surface area contributed by atoms with Crippen LogP contribution in [0.4, 0.5) is 17.2 Å². The van der Waals surface area contributed by atoms with Gasteiger partial charge < -0.3 is 15.2 Å². The molecule has 0 amide bonds. The van der Waals surface area contributed by atoms with E-state index >= 15 is 0 Å². The standard InChI is InChI=1S/C24H21N7O2/c32-31(33)18-7-5-17(6-8-18)29-11-9-16(15-29)27-23-13-20(24-25-10-12-30(24)28-23)21-14-26-22-4-2-1-3-19(21)22/h1-8,10,12-14,16,26H,9,11,15H2,(H,27,28). The van der Waals surface area contributed by atoms with Crippen molar-refractivity contribution in [3.05, 3.63) is 83.3 Å². The lowest BCUT2D eigenvalue weighted by molar-refractivity contribution is -0.384. The van der Waals surface area contributed by atoms with Gasteiger partial charge in [-0.25, -0.2) is 9.50 Å². The summed E-state index contributed by atoms with van der Waals surface area (Å²) in [6.45, 7) is 1.67. The predicted molar refractivity (Wildman–Crippen MR) is 128 cm³/mol. The summed E-state index contributed by atoms with van der Waals surface area (Å²) < 4.78 is 1.81. The molecule has 2 aromatic carbocycles. The van der Waals surface area contributed by atoms with Crippen LogP contribution in [0.5, 0.6) is 0 Å². The minimum absolute atomic E-state index is 0.107. The molecule has 3 aromatic heterocycles. The van der Waals surface area contributed by atoms with Crippen LogP contribution in [-0.4, -0.2) is 43.6 Å². The Hall–Kier alpha value is -4.40. The maximum atomic E-state index is 10.9. The van der Waals surface area contributed by atoms with E-state index in [1.54, 1.807) is 18.3 Å². The van der Waals surface area contributed by atoms with Crippen LogP contribution in [0.3, 0.4) is 0 Å². The van der Waals surface area contributed by atoms with E-state index in [-0.39, 0.29) is 16.7 Å². The highest BCUT2D eigenvalue weighted by atomic mass is 16.6. The van der Waals surface area contributed by atoms with E-state index in [1.165, 1.54) is 0 Å². The van der Waals surface area contributed by atoms with E-state index in [9.17, 15) is 10.1 Å². The van der Waals surface area contributed by atoms with Crippen LogP contribution in [0, 0.1) is 10.1 Å².